The first kappa shape index (κ1) is 19.6. The molecular weight excluding hydrogens is 344 g/mol. The van der Waals surface area contributed by atoms with Gasteiger partial charge >= 0.3 is 0 Å². The molecule has 0 atom stereocenters. The van der Waals surface area contributed by atoms with Crippen LogP contribution in [-0.2, 0) is 10.5 Å². The highest BCUT2D eigenvalue weighted by Gasteiger charge is 2.02. The quantitative estimate of drug-likeness (QED) is 0.568. The minimum absolute atomic E-state index is 0.133. The Kier molecular flexibility index (Phi) is 7.78. The van der Waals surface area contributed by atoms with E-state index in [2.05, 4.69) is 11.4 Å². The van der Waals surface area contributed by atoms with E-state index >= 15 is 0 Å². The summed E-state index contributed by atoms with van der Waals surface area (Å²) in [5.41, 5.74) is 3.72. The number of carbonyl (C=O) groups excluding carboxylic acids is 1. The molecule has 1 amide bonds. The summed E-state index contributed by atoms with van der Waals surface area (Å²) >= 11 is 1.69. The Morgan fingerprint density at radius 1 is 1.31 bits per heavy atom. The number of amides is 1. The van der Waals surface area contributed by atoms with Crippen molar-refractivity contribution in [3.63, 3.8) is 0 Å². The van der Waals surface area contributed by atoms with Gasteiger partial charge in [-0.1, -0.05) is 29.8 Å². The normalized spacial score (nSPS) is 10.5. The van der Waals surface area contributed by atoms with E-state index in [0.29, 0.717) is 12.1 Å². The van der Waals surface area contributed by atoms with E-state index in [0.717, 1.165) is 33.9 Å². The number of rotatable bonds is 8. The number of nitrogens with zero attached hydrogens (tertiary/aromatic N) is 1. The second-order valence-electron chi connectivity index (χ2n) is 5.69. The Labute approximate surface area is 158 Å². The topological polar surface area (TPSA) is 62.1 Å². The lowest BCUT2D eigenvalue weighted by molar-refractivity contribution is -0.116. The zero-order chi connectivity index (χ0) is 18.8. The molecule has 0 aliphatic heterocycles. The Morgan fingerprint density at radius 3 is 2.88 bits per heavy atom. The van der Waals surface area contributed by atoms with Gasteiger partial charge in [0.15, 0.2) is 0 Å². The molecule has 0 saturated carbocycles. The van der Waals surface area contributed by atoms with Crippen molar-refractivity contribution >= 4 is 23.7 Å². The minimum atomic E-state index is -0.133. The maximum Gasteiger partial charge on any atom is 0.244 e. The van der Waals surface area contributed by atoms with Crippen LogP contribution in [0.25, 0.3) is 6.08 Å². The van der Waals surface area contributed by atoms with Gasteiger partial charge in [-0.2, -0.15) is 17.0 Å². The molecular formula is C21H22N2O2S. The molecule has 134 valence electrons. The van der Waals surface area contributed by atoms with Gasteiger partial charge in [-0.05, 0) is 36.8 Å². The second-order valence-corrected chi connectivity index (χ2v) is 6.80. The summed E-state index contributed by atoms with van der Waals surface area (Å²) in [5.74, 6) is 2.15. The Balaban J connectivity index is 1.76. The molecule has 2 aromatic rings. The number of nitrogens with one attached hydrogen (secondary N) is 1. The number of methoxy groups -OCH3 is 1. The van der Waals surface area contributed by atoms with Gasteiger partial charge in [0.1, 0.15) is 5.75 Å². The summed E-state index contributed by atoms with van der Waals surface area (Å²) in [7, 11) is 1.61. The summed E-state index contributed by atoms with van der Waals surface area (Å²) in [6, 6.07) is 15.6. The molecule has 0 spiro atoms. The van der Waals surface area contributed by atoms with Crippen molar-refractivity contribution in [3.8, 4) is 11.8 Å². The van der Waals surface area contributed by atoms with Crippen LogP contribution in [0.4, 0.5) is 0 Å². The van der Waals surface area contributed by atoms with Crippen LogP contribution >= 0.6 is 11.8 Å². The molecule has 1 N–H and O–H groups in total. The monoisotopic (exact) mass is 366 g/mol. The molecule has 26 heavy (non-hydrogen) atoms. The number of benzene rings is 2. The third-order valence-corrected chi connectivity index (χ3v) is 4.75. The molecule has 5 heteroatoms. The molecule has 0 saturated heterocycles. The first-order chi connectivity index (χ1) is 12.6. The number of hydrogen-bond donors (Lipinski definition) is 1. The molecule has 0 unspecified atom stereocenters. The van der Waals surface area contributed by atoms with Crippen LogP contribution in [0.2, 0.25) is 0 Å². The Hall–Kier alpha value is -2.71. The summed E-state index contributed by atoms with van der Waals surface area (Å²) in [6.07, 6.45) is 3.28. The lowest BCUT2D eigenvalue weighted by Gasteiger charge is -2.06. The van der Waals surface area contributed by atoms with E-state index in [1.165, 1.54) is 6.08 Å². The van der Waals surface area contributed by atoms with E-state index in [1.54, 1.807) is 24.9 Å². The van der Waals surface area contributed by atoms with Crippen molar-refractivity contribution in [3.05, 3.63) is 70.8 Å². The zero-order valence-corrected chi connectivity index (χ0v) is 15.8. The highest BCUT2D eigenvalue weighted by atomic mass is 32.2. The largest absolute Gasteiger partial charge is 0.496 e. The molecule has 2 rings (SSSR count). The fourth-order valence-electron chi connectivity index (χ4n) is 2.39. The van der Waals surface area contributed by atoms with Gasteiger partial charge in [0.2, 0.25) is 5.91 Å². The number of thioether (sulfide) groups is 1. The molecule has 4 nitrogen and oxygen atoms in total. The lowest BCUT2D eigenvalue weighted by atomic mass is 10.1. The average molecular weight is 366 g/mol. The molecule has 0 aliphatic carbocycles. The summed E-state index contributed by atoms with van der Waals surface area (Å²) in [4.78, 5) is 11.9. The van der Waals surface area contributed by atoms with Gasteiger partial charge in [0.25, 0.3) is 0 Å². The maximum absolute atomic E-state index is 11.9. The molecule has 0 aromatic heterocycles. The SMILES string of the molecule is COc1ccc(C)cc1/C=C/C(=O)NCCSCc1ccccc1C#N. The van der Waals surface area contributed by atoms with E-state index in [-0.39, 0.29) is 5.91 Å². The Morgan fingerprint density at radius 2 is 2.12 bits per heavy atom. The molecule has 0 aliphatic rings. The third-order valence-electron chi connectivity index (χ3n) is 3.74. The lowest BCUT2D eigenvalue weighted by Crippen LogP contribution is -2.23. The van der Waals surface area contributed by atoms with Crippen molar-refractivity contribution in [2.75, 3.05) is 19.4 Å². The first-order valence-electron chi connectivity index (χ1n) is 8.30. The zero-order valence-electron chi connectivity index (χ0n) is 15.0. The fraction of sp³-hybridized carbons (Fsp3) is 0.238. The summed E-state index contributed by atoms with van der Waals surface area (Å²) < 4.78 is 5.30. The molecule has 0 bridgehead atoms. The Bertz CT molecular complexity index is 825. The van der Waals surface area contributed by atoms with Gasteiger partial charge in [-0.25, -0.2) is 0 Å². The van der Waals surface area contributed by atoms with Crippen LogP contribution in [-0.4, -0.2) is 25.3 Å². The van der Waals surface area contributed by atoms with Crippen LogP contribution in [0, 0.1) is 18.3 Å². The second kappa shape index (κ2) is 10.3. The van der Waals surface area contributed by atoms with Crippen molar-refractivity contribution < 1.29 is 9.53 Å². The van der Waals surface area contributed by atoms with E-state index in [4.69, 9.17) is 10.00 Å². The highest BCUT2D eigenvalue weighted by molar-refractivity contribution is 7.98. The van der Waals surface area contributed by atoms with E-state index in [1.807, 2.05) is 49.4 Å². The number of aryl methyl sites for hydroxylation is 1. The van der Waals surface area contributed by atoms with Crippen LogP contribution in [0.15, 0.2) is 48.5 Å². The van der Waals surface area contributed by atoms with E-state index in [9.17, 15) is 4.79 Å². The predicted molar refractivity (Wildman–Crippen MR) is 107 cm³/mol. The highest BCUT2D eigenvalue weighted by Crippen LogP contribution is 2.21. The van der Waals surface area contributed by atoms with Gasteiger partial charge < -0.3 is 10.1 Å². The van der Waals surface area contributed by atoms with Crippen LogP contribution in [0.5, 0.6) is 5.75 Å². The van der Waals surface area contributed by atoms with Gasteiger partial charge in [-0.15, -0.1) is 0 Å². The number of ether oxygens (including phenoxy) is 1. The smallest absolute Gasteiger partial charge is 0.244 e. The predicted octanol–water partition coefficient (Wildman–Crippen LogP) is 3.94. The molecule has 2 aromatic carbocycles. The van der Waals surface area contributed by atoms with Crippen LogP contribution in [0.3, 0.4) is 0 Å². The van der Waals surface area contributed by atoms with Gasteiger partial charge in [0.05, 0.1) is 18.7 Å². The van der Waals surface area contributed by atoms with Crippen LogP contribution < -0.4 is 10.1 Å². The van der Waals surface area contributed by atoms with Gasteiger partial charge in [-0.3, -0.25) is 4.79 Å². The van der Waals surface area contributed by atoms with Crippen molar-refractivity contribution in [1.82, 2.24) is 5.32 Å². The minimum Gasteiger partial charge on any atom is -0.496 e. The maximum atomic E-state index is 11.9. The van der Waals surface area contributed by atoms with Crippen molar-refractivity contribution in [1.29, 1.82) is 5.26 Å². The average Bonchev–Trinajstić information content (AvgIpc) is 2.66. The molecule has 0 radical (unpaired) electrons. The van der Waals surface area contributed by atoms with Crippen molar-refractivity contribution in [2.45, 2.75) is 12.7 Å². The summed E-state index contributed by atoms with van der Waals surface area (Å²) in [6.45, 7) is 2.58. The third kappa shape index (κ3) is 5.98. The number of carbonyl (C=O) groups is 1. The van der Waals surface area contributed by atoms with Crippen molar-refractivity contribution in [2.24, 2.45) is 0 Å². The van der Waals surface area contributed by atoms with Gasteiger partial charge in [0, 0.05) is 29.7 Å². The fourth-order valence-corrected chi connectivity index (χ4v) is 3.25. The number of hydrogen-bond acceptors (Lipinski definition) is 4. The standard InChI is InChI=1S/C21H22N2O2S/c1-16-7-9-20(25-2)17(13-16)8-10-21(24)23-11-12-26-15-19-6-4-3-5-18(19)14-22/h3-10,13H,11-12,15H2,1-2H3,(H,23,24)/b10-8+. The van der Waals surface area contributed by atoms with E-state index < -0.39 is 0 Å². The molecule has 0 heterocycles. The van der Waals surface area contributed by atoms with Crippen LogP contribution in [0.1, 0.15) is 22.3 Å². The first-order valence-corrected chi connectivity index (χ1v) is 9.46. The summed E-state index contributed by atoms with van der Waals surface area (Å²) in [5, 5.41) is 11.9. The molecule has 0 fully saturated rings. The number of nitriles is 1.